The van der Waals surface area contributed by atoms with Gasteiger partial charge in [-0.15, -0.1) is 0 Å². The summed E-state index contributed by atoms with van der Waals surface area (Å²) in [5.41, 5.74) is -0.778. The van der Waals surface area contributed by atoms with Crippen molar-refractivity contribution >= 4 is 17.8 Å². The van der Waals surface area contributed by atoms with E-state index in [4.69, 9.17) is 0 Å². The predicted octanol–water partition coefficient (Wildman–Crippen LogP) is 0.719. The zero-order valence-electron chi connectivity index (χ0n) is 11.6. The van der Waals surface area contributed by atoms with Gasteiger partial charge in [0, 0.05) is 13.6 Å². The Morgan fingerprint density at radius 3 is 2.53 bits per heavy atom. The van der Waals surface area contributed by atoms with E-state index in [-0.39, 0.29) is 18.4 Å². The summed E-state index contributed by atoms with van der Waals surface area (Å²) in [7, 11) is 1.70. The highest BCUT2D eigenvalue weighted by atomic mass is 16.2. The monoisotopic (exact) mass is 267 g/mol. The van der Waals surface area contributed by atoms with Gasteiger partial charge in [0.15, 0.2) is 0 Å². The van der Waals surface area contributed by atoms with E-state index in [1.165, 1.54) is 4.90 Å². The van der Waals surface area contributed by atoms with E-state index >= 15 is 0 Å². The summed E-state index contributed by atoms with van der Waals surface area (Å²) in [6.45, 7) is 2.46. The highest BCUT2D eigenvalue weighted by molar-refractivity contribution is 6.08. The molecule has 2 fully saturated rings. The molecule has 1 saturated carbocycles. The van der Waals surface area contributed by atoms with Crippen molar-refractivity contribution in [1.29, 1.82) is 0 Å². The molecular weight excluding hydrogens is 246 g/mol. The van der Waals surface area contributed by atoms with E-state index in [0.717, 1.165) is 19.3 Å². The lowest BCUT2D eigenvalue weighted by Gasteiger charge is -2.38. The fourth-order valence-corrected chi connectivity index (χ4v) is 2.89. The lowest BCUT2D eigenvalue weighted by Crippen LogP contribution is -2.54. The molecule has 0 atom stereocenters. The van der Waals surface area contributed by atoms with Crippen molar-refractivity contribution in [1.82, 2.24) is 15.1 Å². The van der Waals surface area contributed by atoms with Crippen LogP contribution in [0.15, 0.2) is 0 Å². The minimum absolute atomic E-state index is 0.0120. The minimum atomic E-state index is -0.778. The maximum atomic E-state index is 12.1. The van der Waals surface area contributed by atoms with Gasteiger partial charge in [0.1, 0.15) is 12.1 Å². The Balaban J connectivity index is 2.18. The molecule has 0 aromatic carbocycles. The van der Waals surface area contributed by atoms with Crippen LogP contribution in [0.25, 0.3) is 0 Å². The molecule has 0 aromatic rings. The molecule has 6 heteroatoms. The number of nitrogens with zero attached hydrogens (tertiary/aromatic N) is 2. The molecule has 6 nitrogen and oxygen atoms in total. The van der Waals surface area contributed by atoms with Gasteiger partial charge in [-0.1, -0.05) is 19.3 Å². The van der Waals surface area contributed by atoms with E-state index < -0.39 is 11.6 Å². The summed E-state index contributed by atoms with van der Waals surface area (Å²) < 4.78 is 0. The zero-order chi connectivity index (χ0) is 14.0. The number of urea groups is 1. The third-order valence-electron chi connectivity index (χ3n) is 4.28. The summed E-state index contributed by atoms with van der Waals surface area (Å²) in [5.74, 6) is -0.360. The summed E-state index contributed by atoms with van der Waals surface area (Å²) in [4.78, 5) is 39.0. The van der Waals surface area contributed by atoms with Crippen molar-refractivity contribution in [3.05, 3.63) is 0 Å². The molecule has 0 aromatic heterocycles. The van der Waals surface area contributed by atoms with Gasteiger partial charge in [0.2, 0.25) is 5.91 Å². The summed E-state index contributed by atoms with van der Waals surface area (Å²) in [5, 5.41) is 2.37. The Kier molecular flexibility index (Phi) is 3.78. The molecule has 1 spiro atoms. The first-order chi connectivity index (χ1) is 9.01. The van der Waals surface area contributed by atoms with Gasteiger partial charge in [-0.2, -0.15) is 0 Å². The van der Waals surface area contributed by atoms with E-state index in [1.54, 1.807) is 11.9 Å². The third kappa shape index (κ3) is 2.31. The van der Waals surface area contributed by atoms with Crippen LogP contribution in [0.2, 0.25) is 0 Å². The van der Waals surface area contributed by atoms with Crippen molar-refractivity contribution in [3.63, 3.8) is 0 Å². The van der Waals surface area contributed by atoms with Gasteiger partial charge >= 0.3 is 6.03 Å². The molecule has 4 amide bonds. The summed E-state index contributed by atoms with van der Waals surface area (Å²) in [6.07, 6.45) is 4.26. The average Bonchev–Trinajstić information content (AvgIpc) is 2.63. The lowest BCUT2D eigenvalue weighted by molar-refractivity contribution is -0.134. The largest absolute Gasteiger partial charge is 0.344 e. The zero-order valence-corrected chi connectivity index (χ0v) is 11.6. The lowest BCUT2D eigenvalue weighted by atomic mass is 9.80. The number of carbonyl (C=O) groups excluding carboxylic acids is 3. The SMILES string of the molecule is CCN(C)C(=O)CN1C(=O)NC(=O)C12CCCCC2. The number of amides is 4. The molecule has 0 radical (unpaired) electrons. The van der Waals surface area contributed by atoms with Crippen LogP contribution < -0.4 is 5.32 Å². The van der Waals surface area contributed by atoms with Gasteiger partial charge in [-0.05, 0) is 19.8 Å². The summed E-state index contributed by atoms with van der Waals surface area (Å²) >= 11 is 0. The maximum absolute atomic E-state index is 12.1. The van der Waals surface area contributed by atoms with Crippen LogP contribution in [0.4, 0.5) is 4.79 Å². The van der Waals surface area contributed by atoms with Crippen LogP contribution >= 0.6 is 0 Å². The number of imide groups is 1. The van der Waals surface area contributed by atoms with Crippen LogP contribution in [0.3, 0.4) is 0 Å². The molecular formula is C13H21N3O3. The minimum Gasteiger partial charge on any atom is -0.344 e. The molecule has 1 aliphatic carbocycles. The number of hydrogen-bond donors (Lipinski definition) is 1. The highest BCUT2D eigenvalue weighted by Crippen LogP contribution is 2.36. The van der Waals surface area contributed by atoms with E-state index in [9.17, 15) is 14.4 Å². The topological polar surface area (TPSA) is 69.7 Å². The molecule has 2 rings (SSSR count). The van der Waals surface area contributed by atoms with Crippen molar-refractivity contribution in [2.45, 2.75) is 44.6 Å². The fraction of sp³-hybridized carbons (Fsp3) is 0.769. The van der Waals surface area contributed by atoms with Crippen molar-refractivity contribution < 1.29 is 14.4 Å². The Hall–Kier alpha value is -1.59. The molecule has 1 heterocycles. The first kappa shape index (κ1) is 13.8. The van der Waals surface area contributed by atoms with Crippen molar-refractivity contribution in [2.24, 2.45) is 0 Å². The molecule has 19 heavy (non-hydrogen) atoms. The van der Waals surface area contributed by atoms with Crippen molar-refractivity contribution in [2.75, 3.05) is 20.1 Å². The Morgan fingerprint density at radius 2 is 1.95 bits per heavy atom. The molecule has 0 unspecified atom stereocenters. The fourth-order valence-electron chi connectivity index (χ4n) is 2.89. The Morgan fingerprint density at radius 1 is 1.32 bits per heavy atom. The van der Waals surface area contributed by atoms with E-state index in [0.29, 0.717) is 19.4 Å². The Labute approximate surface area is 113 Å². The Bertz CT molecular complexity index is 402. The van der Waals surface area contributed by atoms with Crippen LogP contribution in [0.1, 0.15) is 39.0 Å². The second-order valence-electron chi connectivity index (χ2n) is 5.35. The van der Waals surface area contributed by atoms with E-state index in [1.807, 2.05) is 6.92 Å². The average molecular weight is 267 g/mol. The second-order valence-corrected chi connectivity index (χ2v) is 5.35. The number of likely N-dealkylation sites (N-methyl/N-ethyl adjacent to an activating group) is 1. The maximum Gasteiger partial charge on any atom is 0.325 e. The molecule has 1 aliphatic heterocycles. The van der Waals surface area contributed by atoms with Crippen LogP contribution in [0, 0.1) is 0 Å². The first-order valence-electron chi connectivity index (χ1n) is 6.88. The van der Waals surface area contributed by atoms with Gasteiger partial charge in [-0.3, -0.25) is 14.9 Å². The highest BCUT2D eigenvalue weighted by Gasteiger charge is 2.53. The number of rotatable bonds is 3. The van der Waals surface area contributed by atoms with E-state index in [2.05, 4.69) is 5.32 Å². The van der Waals surface area contributed by atoms with Crippen LogP contribution in [-0.2, 0) is 9.59 Å². The van der Waals surface area contributed by atoms with Crippen LogP contribution in [-0.4, -0.2) is 53.3 Å². The quantitative estimate of drug-likeness (QED) is 0.766. The normalized spacial score (nSPS) is 21.7. The molecule has 0 bridgehead atoms. The number of carbonyl (C=O) groups is 3. The summed E-state index contributed by atoms with van der Waals surface area (Å²) in [6, 6.07) is -0.426. The second kappa shape index (κ2) is 5.19. The number of nitrogens with one attached hydrogen (secondary N) is 1. The standard InChI is InChI=1S/C13H21N3O3/c1-3-15(2)10(17)9-16-12(19)14-11(18)13(16)7-5-4-6-8-13/h3-9H2,1-2H3,(H,14,18,19). The first-order valence-corrected chi connectivity index (χ1v) is 6.88. The van der Waals surface area contributed by atoms with Gasteiger partial charge in [-0.25, -0.2) is 4.79 Å². The molecule has 1 N–H and O–H groups in total. The molecule has 2 aliphatic rings. The van der Waals surface area contributed by atoms with Gasteiger partial charge in [0.25, 0.3) is 5.91 Å². The smallest absolute Gasteiger partial charge is 0.325 e. The third-order valence-corrected chi connectivity index (χ3v) is 4.28. The van der Waals surface area contributed by atoms with Gasteiger partial charge < -0.3 is 9.80 Å². The molecule has 106 valence electrons. The van der Waals surface area contributed by atoms with Crippen LogP contribution in [0.5, 0.6) is 0 Å². The number of hydrogen-bond acceptors (Lipinski definition) is 3. The predicted molar refractivity (Wildman–Crippen MR) is 69.4 cm³/mol. The van der Waals surface area contributed by atoms with Gasteiger partial charge in [0.05, 0.1) is 0 Å². The molecule has 1 saturated heterocycles. The van der Waals surface area contributed by atoms with Crippen molar-refractivity contribution in [3.8, 4) is 0 Å².